The molecule has 2 aromatic carbocycles. The fourth-order valence-electron chi connectivity index (χ4n) is 4.25. The standard InChI is InChI=1S/C24H28FN3O3/c1-17-5-6-19(15-21(17)25)24(30)27-12-10-26(11-13-27)16-23(29)28-9-3-4-18-14-20(31-2)7-8-22(18)28/h5-8,14-15H,3-4,9-13,16H2,1-2H3. The van der Waals surface area contributed by atoms with Crippen LogP contribution in [0.3, 0.4) is 0 Å². The van der Waals surface area contributed by atoms with Crippen LogP contribution >= 0.6 is 0 Å². The Balaban J connectivity index is 1.35. The largest absolute Gasteiger partial charge is 0.497 e. The van der Waals surface area contributed by atoms with Crippen molar-refractivity contribution in [2.75, 3.05) is 51.3 Å². The lowest BCUT2D eigenvalue weighted by Crippen LogP contribution is -2.52. The number of carbonyl (C=O) groups excluding carboxylic acids is 2. The Labute approximate surface area is 182 Å². The number of halogens is 1. The molecular weight excluding hydrogens is 397 g/mol. The molecule has 4 rings (SSSR count). The van der Waals surface area contributed by atoms with Crippen molar-refractivity contribution in [2.24, 2.45) is 0 Å². The minimum atomic E-state index is -0.366. The first-order valence-electron chi connectivity index (χ1n) is 10.7. The van der Waals surface area contributed by atoms with Crippen molar-refractivity contribution in [3.05, 3.63) is 58.9 Å². The van der Waals surface area contributed by atoms with Crippen LogP contribution in [0.25, 0.3) is 0 Å². The van der Waals surface area contributed by atoms with Gasteiger partial charge in [-0.3, -0.25) is 14.5 Å². The quantitative estimate of drug-likeness (QED) is 0.756. The van der Waals surface area contributed by atoms with Crippen LogP contribution in [0.15, 0.2) is 36.4 Å². The summed E-state index contributed by atoms with van der Waals surface area (Å²) in [4.78, 5) is 31.4. The fourth-order valence-corrected chi connectivity index (χ4v) is 4.25. The molecule has 0 unspecified atom stereocenters. The number of methoxy groups -OCH3 is 1. The van der Waals surface area contributed by atoms with Crippen LogP contribution in [0.5, 0.6) is 5.75 Å². The normalized spacial score (nSPS) is 16.7. The number of fused-ring (bicyclic) bond motifs is 1. The molecule has 0 N–H and O–H groups in total. The maximum Gasteiger partial charge on any atom is 0.254 e. The van der Waals surface area contributed by atoms with Crippen LogP contribution in [0.2, 0.25) is 0 Å². The highest BCUT2D eigenvalue weighted by atomic mass is 19.1. The van der Waals surface area contributed by atoms with Crippen molar-refractivity contribution in [2.45, 2.75) is 19.8 Å². The second-order valence-corrected chi connectivity index (χ2v) is 8.18. The maximum absolute atomic E-state index is 13.8. The summed E-state index contributed by atoms with van der Waals surface area (Å²) in [7, 11) is 1.65. The van der Waals surface area contributed by atoms with Crippen LogP contribution in [0.4, 0.5) is 10.1 Å². The number of aryl methyl sites for hydroxylation is 2. The number of benzene rings is 2. The predicted octanol–water partition coefficient (Wildman–Crippen LogP) is 2.88. The molecule has 2 aliphatic rings. The Kier molecular flexibility index (Phi) is 6.23. The third-order valence-corrected chi connectivity index (χ3v) is 6.14. The van der Waals surface area contributed by atoms with Gasteiger partial charge in [0.05, 0.1) is 13.7 Å². The number of hydrogen-bond acceptors (Lipinski definition) is 4. The first kappa shape index (κ1) is 21.3. The molecule has 2 aromatic rings. The lowest BCUT2D eigenvalue weighted by molar-refractivity contribution is -0.120. The Morgan fingerprint density at radius 2 is 1.81 bits per heavy atom. The van der Waals surface area contributed by atoms with E-state index in [9.17, 15) is 14.0 Å². The minimum Gasteiger partial charge on any atom is -0.497 e. The summed E-state index contributed by atoms with van der Waals surface area (Å²) in [5, 5.41) is 0. The van der Waals surface area contributed by atoms with Crippen LogP contribution in [-0.4, -0.2) is 68.0 Å². The van der Waals surface area contributed by atoms with Crippen molar-refractivity contribution >= 4 is 17.5 Å². The molecule has 7 heteroatoms. The SMILES string of the molecule is COc1ccc2c(c1)CCCN2C(=O)CN1CCN(C(=O)c2ccc(C)c(F)c2)CC1. The van der Waals surface area contributed by atoms with Crippen molar-refractivity contribution in [1.82, 2.24) is 9.80 Å². The summed E-state index contributed by atoms with van der Waals surface area (Å²) in [5.41, 5.74) is 3.00. The number of amides is 2. The van der Waals surface area contributed by atoms with E-state index in [0.717, 1.165) is 36.4 Å². The Hall–Kier alpha value is -2.93. The molecule has 0 radical (unpaired) electrons. The van der Waals surface area contributed by atoms with Crippen LogP contribution in [0, 0.1) is 12.7 Å². The molecule has 2 aliphatic heterocycles. The van der Waals surface area contributed by atoms with Crippen molar-refractivity contribution in [3.63, 3.8) is 0 Å². The van der Waals surface area contributed by atoms with Gasteiger partial charge in [-0.25, -0.2) is 4.39 Å². The first-order chi connectivity index (χ1) is 15.0. The third kappa shape index (κ3) is 4.56. The van der Waals surface area contributed by atoms with E-state index in [4.69, 9.17) is 4.74 Å². The van der Waals surface area contributed by atoms with Gasteiger partial charge in [0, 0.05) is 44.0 Å². The lowest BCUT2D eigenvalue weighted by Gasteiger charge is -2.36. The molecular formula is C24H28FN3O3. The molecule has 1 saturated heterocycles. The van der Waals surface area contributed by atoms with E-state index in [2.05, 4.69) is 4.90 Å². The molecule has 0 saturated carbocycles. The smallest absolute Gasteiger partial charge is 0.254 e. The topological polar surface area (TPSA) is 53.1 Å². The average Bonchev–Trinajstić information content (AvgIpc) is 2.80. The number of hydrogen-bond donors (Lipinski definition) is 0. The van der Waals surface area contributed by atoms with Gasteiger partial charge in [-0.2, -0.15) is 0 Å². The van der Waals surface area contributed by atoms with E-state index in [0.29, 0.717) is 43.9 Å². The number of ether oxygens (including phenoxy) is 1. The van der Waals surface area contributed by atoms with Crippen LogP contribution in [-0.2, 0) is 11.2 Å². The van der Waals surface area contributed by atoms with Crippen molar-refractivity contribution in [1.29, 1.82) is 0 Å². The average molecular weight is 426 g/mol. The predicted molar refractivity (Wildman–Crippen MR) is 117 cm³/mol. The summed E-state index contributed by atoms with van der Waals surface area (Å²) < 4.78 is 19.1. The van der Waals surface area contributed by atoms with Gasteiger partial charge in [0.15, 0.2) is 0 Å². The molecule has 0 aromatic heterocycles. The molecule has 0 atom stereocenters. The minimum absolute atomic E-state index is 0.0755. The molecule has 2 amide bonds. The number of piperazine rings is 1. The fraction of sp³-hybridized carbons (Fsp3) is 0.417. The van der Waals surface area contributed by atoms with Gasteiger partial charge in [-0.15, -0.1) is 0 Å². The highest BCUT2D eigenvalue weighted by Crippen LogP contribution is 2.30. The number of nitrogens with zero attached hydrogens (tertiary/aromatic N) is 3. The van der Waals surface area contributed by atoms with Gasteiger partial charge >= 0.3 is 0 Å². The third-order valence-electron chi connectivity index (χ3n) is 6.14. The van der Waals surface area contributed by atoms with Gasteiger partial charge in [-0.1, -0.05) is 6.07 Å². The zero-order valence-corrected chi connectivity index (χ0v) is 18.1. The summed E-state index contributed by atoms with van der Waals surface area (Å²) in [5.74, 6) is 0.354. The van der Waals surface area contributed by atoms with Gasteiger partial charge in [0.1, 0.15) is 11.6 Å². The summed E-state index contributed by atoms with van der Waals surface area (Å²) in [6.07, 6.45) is 1.87. The first-order valence-corrected chi connectivity index (χ1v) is 10.7. The maximum atomic E-state index is 13.8. The van der Waals surface area contributed by atoms with E-state index < -0.39 is 0 Å². The highest BCUT2D eigenvalue weighted by Gasteiger charge is 2.27. The molecule has 0 aliphatic carbocycles. The molecule has 2 heterocycles. The zero-order valence-electron chi connectivity index (χ0n) is 18.1. The lowest BCUT2D eigenvalue weighted by atomic mass is 10.0. The monoisotopic (exact) mass is 425 g/mol. The van der Waals surface area contributed by atoms with Gasteiger partial charge in [0.25, 0.3) is 5.91 Å². The Bertz CT molecular complexity index is 986. The molecule has 31 heavy (non-hydrogen) atoms. The van der Waals surface area contributed by atoms with Crippen molar-refractivity contribution < 1.29 is 18.7 Å². The Morgan fingerprint density at radius 3 is 2.52 bits per heavy atom. The van der Waals surface area contributed by atoms with E-state index >= 15 is 0 Å². The molecule has 0 spiro atoms. The second-order valence-electron chi connectivity index (χ2n) is 8.18. The van der Waals surface area contributed by atoms with E-state index in [1.54, 1.807) is 31.1 Å². The summed E-state index contributed by atoms with van der Waals surface area (Å²) in [6, 6.07) is 10.5. The summed E-state index contributed by atoms with van der Waals surface area (Å²) >= 11 is 0. The van der Waals surface area contributed by atoms with E-state index in [-0.39, 0.29) is 17.6 Å². The number of rotatable bonds is 4. The van der Waals surface area contributed by atoms with Crippen LogP contribution < -0.4 is 9.64 Å². The van der Waals surface area contributed by atoms with Crippen molar-refractivity contribution in [3.8, 4) is 5.75 Å². The van der Waals surface area contributed by atoms with Crippen LogP contribution in [0.1, 0.15) is 27.9 Å². The van der Waals surface area contributed by atoms with Gasteiger partial charge in [-0.05, 0) is 61.2 Å². The van der Waals surface area contributed by atoms with Gasteiger partial charge < -0.3 is 14.5 Å². The summed E-state index contributed by atoms with van der Waals surface area (Å²) in [6.45, 7) is 5.01. The second kappa shape index (κ2) is 9.06. The Morgan fingerprint density at radius 1 is 1.03 bits per heavy atom. The molecule has 1 fully saturated rings. The number of anilines is 1. The molecule has 6 nitrogen and oxygen atoms in total. The van der Waals surface area contributed by atoms with E-state index in [1.807, 2.05) is 23.1 Å². The van der Waals surface area contributed by atoms with Gasteiger partial charge in [0.2, 0.25) is 5.91 Å². The zero-order chi connectivity index (χ0) is 22.0. The molecule has 164 valence electrons. The highest BCUT2D eigenvalue weighted by molar-refractivity contribution is 5.96. The molecule has 0 bridgehead atoms. The van der Waals surface area contributed by atoms with E-state index in [1.165, 1.54) is 6.07 Å². The number of carbonyl (C=O) groups is 2.